The second-order valence-electron chi connectivity index (χ2n) is 9.56. The standard InChI is InChI=1S/C34H19ClN2O2/c35-22-14-16-31-27(18-22)25-10-6-11-26(33(25)39-31)29-19-28(36-34(37-29)20-7-2-1-3-8-20)21-13-15-24-23-9-4-5-12-30(23)38-32(24)17-21/h1-19H. The summed E-state index contributed by atoms with van der Waals surface area (Å²) in [7, 11) is 0. The summed E-state index contributed by atoms with van der Waals surface area (Å²) in [6.07, 6.45) is 0. The Morgan fingerprint density at radius 2 is 1.26 bits per heavy atom. The predicted octanol–water partition coefficient (Wildman–Crippen LogP) is 9.93. The zero-order valence-electron chi connectivity index (χ0n) is 20.6. The molecule has 184 valence electrons. The molecule has 0 amide bonds. The lowest BCUT2D eigenvalue weighted by Crippen LogP contribution is -1.96. The molecule has 0 atom stereocenters. The van der Waals surface area contributed by atoms with Crippen LogP contribution in [0.4, 0.5) is 0 Å². The van der Waals surface area contributed by atoms with Crippen LogP contribution >= 0.6 is 11.6 Å². The molecule has 0 saturated carbocycles. The summed E-state index contributed by atoms with van der Waals surface area (Å²) in [6.45, 7) is 0. The molecule has 0 saturated heterocycles. The van der Waals surface area contributed by atoms with Crippen molar-refractivity contribution in [3.05, 3.63) is 120 Å². The van der Waals surface area contributed by atoms with Gasteiger partial charge < -0.3 is 8.83 Å². The second-order valence-corrected chi connectivity index (χ2v) is 10.00. The molecule has 5 heteroatoms. The highest BCUT2D eigenvalue weighted by molar-refractivity contribution is 6.31. The van der Waals surface area contributed by atoms with Gasteiger partial charge in [0.05, 0.1) is 11.4 Å². The third-order valence-electron chi connectivity index (χ3n) is 7.17. The lowest BCUT2D eigenvalue weighted by Gasteiger charge is -2.10. The average Bonchev–Trinajstić information content (AvgIpc) is 3.55. The minimum atomic E-state index is 0.643. The van der Waals surface area contributed by atoms with Crippen molar-refractivity contribution < 1.29 is 8.83 Å². The Morgan fingerprint density at radius 3 is 2.18 bits per heavy atom. The quantitative estimate of drug-likeness (QED) is 0.231. The molecule has 3 heterocycles. The maximum Gasteiger partial charge on any atom is 0.160 e. The number of rotatable bonds is 3. The van der Waals surface area contributed by atoms with Crippen molar-refractivity contribution >= 4 is 55.5 Å². The van der Waals surface area contributed by atoms with Crippen molar-refractivity contribution in [1.82, 2.24) is 9.97 Å². The third kappa shape index (κ3) is 3.61. The smallest absolute Gasteiger partial charge is 0.160 e. The van der Waals surface area contributed by atoms with Crippen molar-refractivity contribution in [2.75, 3.05) is 0 Å². The average molecular weight is 523 g/mol. The Bertz CT molecular complexity index is 2200. The van der Waals surface area contributed by atoms with Crippen LogP contribution in [0, 0.1) is 0 Å². The molecule has 8 aromatic rings. The zero-order valence-corrected chi connectivity index (χ0v) is 21.3. The molecular formula is C34H19ClN2O2. The lowest BCUT2D eigenvalue weighted by atomic mass is 10.0. The van der Waals surface area contributed by atoms with Gasteiger partial charge in [-0.3, -0.25) is 0 Å². The van der Waals surface area contributed by atoms with Crippen LogP contribution in [0.2, 0.25) is 5.02 Å². The first-order valence-electron chi connectivity index (χ1n) is 12.7. The molecule has 0 unspecified atom stereocenters. The van der Waals surface area contributed by atoms with Gasteiger partial charge in [0.15, 0.2) is 5.82 Å². The molecule has 0 aliphatic rings. The Labute approximate surface area is 228 Å². The highest BCUT2D eigenvalue weighted by Crippen LogP contribution is 2.38. The maximum absolute atomic E-state index is 6.34. The van der Waals surface area contributed by atoms with Crippen molar-refractivity contribution in [2.24, 2.45) is 0 Å². The topological polar surface area (TPSA) is 52.1 Å². The molecule has 0 fully saturated rings. The van der Waals surface area contributed by atoms with Gasteiger partial charge in [-0.25, -0.2) is 9.97 Å². The highest BCUT2D eigenvalue weighted by Gasteiger charge is 2.17. The first-order chi connectivity index (χ1) is 19.2. The van der Waals surface area contributed by atoms with Crippen LogP contribution in [0.15, 0.2) is 124 Å². The Balaban J connectivity index is 1.37. The first-order valence-corrected chi connectivity index (χ1v) is 13.1. The molecule has 8 rings (SSSR count). The van der Waals surface area contributed by atoms with E-state index < -0.39 is 0 Å². The van der Waals surface area contributed by atoms with Crippen LogP contribution in [0.25, 0.3) is 77.8 Å². The Morgan fingerprint density at radius 1 is 0.487 bits per heavy atom. The third-order valence-corrected chi connectivity index (χ3v) is 7.40. The SMILES string of the molecule is Clc1ccc2oc3c(-c4cc(-c5ccc6c(c5)oc5ccccc56)nc(-c5ccccc5)n4)cccc3c2c1. The van der Waals surface area contributed by atoms with Gasteiger partial charge in [0.2, 0.25) is 0 Å². The summed E-state index contributed by atoms with van der Waals surface area (Å²) < 4.78 is 12.5. The van der Waals surface area contributed by atoms with E-state index >= 15 is 0 Å². The number of halogens is 1. The van der Waals surface area contributed by atoms with E-state index in [-0.39, 0.29) is 0 Å². The number of para-hydroxylation sites is 2. The zero-order chi connectivity index (χ0) is 25.9. The fraction of sp³-hybridized carbons (Fsp3) is 0. The maximum atomic E-state index is 6.34. The van der Waals surface area contributed by atoms with E-state index in [1.807, 2.05) is 84.9 Å². The molecule has 3 aromatic heterocycles. The van der Waals surface area contributed by atoms with E-state index in [9.17, 15) is 0 Å². The molecule has 0 bridgehead atoms. The fourth-order valence-electron chi connectivity index (χ4n) is 5.31. The van der Waals surface area contributed by atoms with Gasteiger partial charge in [-0.1, -0.05) is 78.3 Å². The summed E-state index contributed by atoms with van der Waals surface area (Å²) in [5.74, 6) is 0.643. The molecule has 0 spiro atoms. The minimum absolute atomic E-state index is 0.643. The van der Waals surface area contributed by atoms with Crippen LogP contribution in [-0.2, 0) is 0 Å². The summed E-state index contributed by atoms with van der Waals surface area (Å²) in [6, 6.07) is 38.2. The minimum Gasteiger partial charge on any atom is -0.456 e. The van der Waals surface area contributed by atoms with E-state index in [4.69, 9.17) is 30.4 Å². The summed E-state index contributed by atoms with van der Waals surface area (Å²) in [4.78, 5) is 10.0. The number of nitrogens with zero attached hydrogens (tertiary/aromatic N) is 2. The van der Waals surface area contributed by atoms with Gasteiger partial charge in [-0.05, 0) is 48.5 Å². The Hall–Kier alpha value is -4.93. The van der Waals surface area contributed by atoms with E-state index in [2.05, 4.69) is 30.3 Å². The molecule has 0 radical (unpaired) electrons. The summed E-state index contributed by atoms with van der Waals surface area (Å²) in [5, 5.41) is 4.83. The van der Waals surface area contributed by atoms with Crippen LogP contribution in [0.5, 0.6) is 0 Å². The first kappa shape index (κ1) is 22.1. The predicted molar refractivity (Wildman–Crippen MR) is 158 cm³/mol. The number of aromatic nitrogens is 2. The number of benzene rings is 5. The molecule has 39 heavy (non-hydrogen) atoms. The summed E-state index contributed by atoms with van der Waals surface area (Å²) in [5.41, 5.74) is 7.61. The highest BCUT2D eigenvalue weighted by atomic mass is 35.5. The van der Waals surface area contributed by atoms with Crippen molar-refractivity contribution in [1.29, 1.82) is 0 Å². The van der Waals surface area contributed by atoms with Crippen LogP contribution in [0.3, 0.4) is 0 Å². The molecule has 0 aliphatic heterocycles. The van der Waals surface area contributed by atoms with E-state index in [0.29, 0.717) is 10.8 Å². The van der Waals surface area contributed by atoms with Crippen LogP contribution < -0.4 is 0 Å². The number of hydrogen-bond donors (Lipinski definition) is 0. The second kappa shape index (κ2) is 8.55. The molecule has 4 nitrogen and oxygen atoms in total. The molecule has 0 N–H and O–H groups in total. The lowest BCUT2D eigenvalue weighted by molar-refractivity contribution is 0.669. The fourth-order valence-corrected chi connectivity index (χ4v) is 5.48. The van der Waals surface area contributed by atoms with E-state index in [0.717, 1.165) is 72.0 Å². The van der Waals surface area contributed by atoms with E-state index in [1.165, 1.54) is 0 Å². The van der Waals surface area contributed by atoms with E-state index in [1.54, 1.807) is 0 Å². The van der Waals surface area contributed by atoms with Gasteiger partial charge in [0.25, 0.3) is 0 Å². The van der Waals surface area contributed by atoms with Gasteiger partial charge in [0, 0.05) is 43.3 Å². The van der Waals surface area contributed by atoms with Gasteiger partial charge in [-0.15, -0.1) is 0 Å². The number of fused-ring (bicyclic) bond motifs is 6. The van der Waals surface area contributed by atoms with Gasteiger partial charge in [-0.2, -0.15) is 0 Å². The monoisotopic (exact) mass is 522 g/mol. The van der Waals surface area contributed by atoms with Gasteiger partial charge >= 0.3 is 0 Å². The normalized spacial score (nSPS) is 11.7. The molecule has 5 aromatic carbocycles. The van der Waals surface area contributed by atoms with Crippen LogP contribution in [-0.4, -0.2) is 9.97 Å². The number of furan rings is 2. The van der Waals surface area contributed by atoms with Crippen molar-refractivity contribution in [3.8, 4) is 33.9 Å². The summed E-state index contributed by atoms with van der Waals surface area (Å²) >= 11 is 6.31. The van der Waals surface area contributed by atoms with Crippen molar-refractivity contribution in [2.45, 2.75) is 0 Å². The van der Waals surface area contributed by atoms with Gasteiger partial charge in [0.1, 0.15) is 22.3 Å². The molecular weight excluding hydrogens is 504 g/mol. The molecule has 0 aliphatic carbocycles. The van der Waals surface area contributed by atoms with Crippen molar-refractivity contribution in [3.63, 3.8) is 0 Å². The Kier molecular flexibility index (Phi) is 4.84. The largest absolute Gasteiger partial charge is 0.456 e. The number of hydrogen-bond acceptors (Lipinski definition) is 4. The van der Waals surface area contributed by atoms with Crippen LogP contribution in [0.1, 0.15) is 0 Å².